The fourth-order valence-electron chi connectivity index (χ4n) is 2.25. The van der Waals surface area contributed by atoms with E-state index in [-0.39, 0.29) is 6.54 Å². The van der Waals surface area contributed by atoms with E-state index < -0.39 is 20.0 Å². The number of anilines is 1. The molecule has 122 valence electrons. The molecule has 0 saturated heterocycles. The van der Waals surface area contributed by atoms with E-state index in [0.717, 1.165) is 25.5 Å². The lowest BCUT2D eigenvalue weighted by molar-refractivity contribution is 0.587. The van der Waals surface area contributed by atoms with Crippen LogP contribution in [0.15, 0.2) is 35.2 Å². The van der Waals surface area contributed by atoms with Crippen molar-refractivity contribution >= 4 is 25.7 Å². The Labute approximate surface area is 131 Å². The van der Waals surface area contributed by atoms with Crippen molar-refractivity contribution in [1.29, 1.82) is 0 Å². The number of hydrogen-bond acceptors (Lipinski definition) is 4. The number of rotatable bonds is 6. The third-order valence-corrected chi connectivity index (χ3v) is 5.60. The number of allylic oxidation sites excluding steroid dienone is 2. The molecule has 22 heavy (non-hydrogen) atoms. The van der Waals surface area contributed by atoms with Crippen molar-refractivity contribution < 1.29 is 16.8 Å². The maximum atomic E-state index is 12.4. The van der Waals surface area contributed by atoms with Gasteiger partial charge in [0.25, 0.3) is 10.0 Å². The van der Waals surface area contributed by atoms with E-state index in [1.54, 1.807) is 30.3 Å². The molecular weight excluding hydrogens is 324 g/mol. The van der Waals surface area contributed by atoms with Crippen LogP contribution in [0.1, 0.15) is 31.2 Å². The molecule has 0 bridgehead atoms. The average molecular weight is 344 g/mol. The minimum absolute atomic E-state index is 0.0383. The molecule has 0 radical (unpaired) electrons. The van der Waals surface area contributed by atoms with Crippen molar-refractivity contribution in [2.75, 3.05) is 11.0 Å². The van der Waals surface area contributed by atoms with Crippen LogP contribution in [0.5, 0.6) is 0 Å². The van der Waals surface area contributed by atoms with Gasteiger partial charge in [-0.05, 0) is 37.3 Å². The van der Waals surface area contributed by atoms with Gasteiger partial charge in [-0.1, -0.05) is 24.3 Å². The number of hydrogen-bond donors (Lipinski definition) is 2. The first-order chi connectivity index (χ1) is 10.3. The van der Waals surface area contributed by atoms with Crippen LogP contribution in [-0.2, 0) is 26.6 Å². The normalized spacial score (nSPS) is 16.1. The molecule has 0 amide bonds. The van der Waals surface area contributed by atoms with Crippen LogP contribution in [0.2, 0.25) is 0 Å². The minimum atomic E-state index is -3.58. The van der Waals surface area contributed by atoms with Gasteiger partial charge in [-0.15, -0.1) is 0 Å². The quantitative estimate of drug-likeness (QED) is 0.825. The van der Waals surface area contributed by atoms with Gasteiger partial charge in [-0.25, -0.2) is 21.6 Å². The van der Waals surface area contributed by atoms with Crippen molar-refractivity contribution in [2.45, 2.75) is 32.2 Å². The average Bonchev–Trinajstić information content (AvgIpc) is 2.46. The molecule has 0 fully saturated rings. The van der Waals surface area contributed by atoms with Crippen LogP contribution in [0, 0.1) is 0 Å². The van der Waals surface area contributed by atoms with Gasteiger partial charge in [0.2, 0.25) is 10.0 Å². The van der Waals surface area contributed by atoms with E-state index in [1.165, 1.54) is 0 Å². The SMILES string of the molecule is CS(=O)(=O)NCc1ccccc1NS(=O)(=O)C1=CCCCC1. The van der Waals surface area contributed by atoms with Crippen LogP contribution in [-0.4, -0.2) is 23.1 Å². The molecule has 0 heterocycles. The molecular formula is C14H20N2O4S2. The molecule has 1 aliphatic rings. The number of benzene rings is 1. The molecule has 2 rings (SSSR count). The second-order valence-corrected chi connectivity index (χ2v) is 8.84. The Morgan fingerprint density at radius 3 is 2.45 bits per heavy atom. The second kappa shape index (κ2) is 6.80. The van der Waals surface area contributed by atoms with Gasteiger partial charge in [0.05, 0.1) is 16.8 Å². The van der Waals surface area contributed by atoms with Crippen LogP contribution in [0.3, 0.4) is 0 Å². The molecule has 1 aromatic rings. The summed E-state index contributed by atoms with van der Waals surface area (Å²) in [4.78, 5) is 0.407. The highest BCUT2D eigenvalue weighted by Crippen LogP contribution is 2.25. The molecule has 6 nitrogen and oxygen atoms in total. The lowest BCUT2D eigenvalue weighted by Gasteiger charge is -2.17. The highest BCUT2D eigenvalue weighted by molar-refractivity contribution is 7.96. The molecule has 0 spiro atoms. The van der Waals surface area contributed by atoms with Gasteiger partial charge in [-0.2, -0.15) is 0 Å². The summed E-state index contributed by atoms with van der Waals surface area (Å²) in [5.41, 5.74) is 0.970. The molecule has 8 heteroatoms. The third-order valence-electron chi connectivity index (χ3n) is 3.38. The molecule has 0 atom stereocenters. The fourth-order valence-corrected chi connectivity index (χ4v) is 4.03. The summed E-state index contributed by atoms with van der Waals surface area (Å²) < 4.78 is 52.1. The van der Waals surface area contributed by atoms with E-state index in [0.29, 0.717) is 22.6 Å². The molecule has 1 aromatic carbocycles. The maximum Gasteiger partial charge on any atom is 0.257 e. The first kappa shape index (κ1) is 17.0. The van der Waals surface area contributed by atoms with Gasteiger partial charge in [0, 0.05) is 6.54 Å². The molecule has 0 aromatic heterocycles. The molecule has 1 aliphatic carbocycles. The van der Waals surface area contributed by atoms with Crippen molar-refractivity contribution in [2.24, 2.45) is 0 Å². The summed E-state index contributed by atoms with van der Waals surface area (Å²) in [6.07, 6.45) is 6.00. The van der Waals surface area contributed by atoms with Gasteiger partial charge >= 0.3 is 0 Å². The lowest BCUT2D eigenvalue weighted by atomic mass is 10.1. The Balaban J connectivity index is 2.20. The van der Waals surface area contributed by atoms with E-state index in [4.69, 9.17) is 0 Å². The second-order valence-electron chi connectivity index (χ2n) is 5.27. The highest BCUT2D eigenvalue weighted by Gasteiger charge is 2.20. The summed E-state index contributed by atoms with van der Waals surface area (Å²) in [6.45, 7) is 0.0383. The van der Waals surface area contributed by atoms with Crippen molar-refractivity contribution in [3.8, 4) is 0 Å². The van der Waals surface area contributed by atoms with Gasteiger partial charge in [0.1, 0.15) is 0 Å². The van der Waals surface area contributed by atoms with E-state index in [1.807, 2.05) is 0 Å². The van der Waals surface area contributed by atoms with Crippen LogP contribution in [0.4, 0.5) is 5.69 Å². The van der Waals surface area contributed by atoms with E-state index in [9.17, 15) is 16.8 Å². The largest absolute Gasteiger partial charge is 0.280 e. The molecule has 2 N–H and O–H groups in total. The van der Waals surface area contributed by atoms with Gasteiger partial charge < -0.3 is 0 Å². The summed E-state index contributed by atoms with van der Waals surface area (Å²) in [7, 11) is -6.92. The molecule has 0 unspecified atom stereocenters. The van der Waals surface area contributed by atoms with Gasteiger partial charge in [0.15, 0.2) is 0 Å². The van der Waals surface area contributed by atoms with E-state index in [2.05, 4.69) is 9.44 Å². The zero-order valence-electron chi connectivity index (χ0n) is 12.4. The molecule has 0 saturated carbocycles. The third kappa shape index (κ3) is 4.82. The van der Waals surface area contributed by atoms with Crippen molar-refractivity contribution in [3.63, 3.8) is 0 Å². The summed E-state index contributed by atoms with van der Waals surface area (Å²) in [5, 5.41) is 0. The van der Waals surface area contributed by atoms with E-state index >= 15 is 0 Å². The number of nitrogens with one attached hydrogen (secondary N) is 2. The highest BCUT2D eigenvalue weighted by atomic mass is 32.2. The smallest absolute Gasteiger partial charge is 0.257 e. The summed E-state index contributed by atoms with van der Waals surface area (Å²) in [5.74, 6) is 0. The predicted octanol–water partition coefficient (Wildman–Crippen LogP) is 1.94. The fraction of sp³-hybridized carbons (Fsp3) is 0.429. The lowest BCUT2D eigenvalue weighted by Crippen LogP contribution is -2.23. The Morgan fingerprint density at radius 1 is 1.09 bits per heavy atom. The zero-order valence-corrected chi connectivity index (χ0v) is 14.0. The molecule has 0 aliphatic heterocycles. The Hall–Kier alpha value is -1.38. The van der Waals surface area contributed by atoms with Crippen molar-refractivity contribution in [3.05, 3.63) is 40.8 Å². The first-order valence-electron chi connectivity index (χ1n) is 7.02. The zero-order chi connectivity index (χ0) is 16.2. The van der Waals surface area contributed by atoms with Crippen LogP contribution < -0.4 is 9.44 Å². The predicted molar refractivity (Wildman–Crippen MR) is 87.2 cm³/mol. The Bertz CT molecular complexity index is 768. The summed E-state index contributed by atoms with van der Waals surface area (Å²) >= 11 is 0. The van der Waals surface area contributed by atoms with Crippen LogP contribution in [0.25, 0.3) is 0 Å². The van der Waals surface area contributed by atoms with Crippen molar-refractivity contribution in [1.82, 2.24) is 4.72 Å². The Morgan fingerprint density at radius 2 is 1.82 bits per heavy atom. The topological polar surface area (TPSA) is 92.3 Å². The van der Waals surface area contributed by atoms with Gasteiger partial charge in [-0.3, -0.25) is 4.72 Å². The number of para-hydroxylation sites is 1. The Kier molecular flexibility index (Phi) is 5.25. The monoisotopic (exact) mass is 344 g/mol. The maximum absolute atomic E-state index is 12.4. The summed E-state index contributed by atoms with van der Waals surface area (Å²) in [6, 6.07) is 6.75. The number of sulfonamides is 2. The van der Waals surface area contributed by atoms with Crippen LogP contribution >= 0.6 is 0 Å². The standard InChI is InChI=1S/C14H20N2O4S2/c1-21(17,18)15-11-12-7-5-6-10-14(12)16-22(19,20)13-8-3-2-4-9-13/h5-8,10,15-16H,2-4,9,11H2,1H3. The first-order valence-corrected chi connectivity index (χ1v) is 10.4. The minimum Gasteiger partial charge on any atom is -0.280 e.